The van der Waals surface area contributed by atoms with Gasteiger partial charge >= 0.3 is 6.09 Å². The number of aliphatic hydroxyl groups excluding tert-OH is 1. The molecule has 0 spiro atoms. The van der Waals surface area contributed by atoms with Crippen molar-refractivity contribution in [3.05, 3.63) is 46.3 Å². The zero-order valence-electron chi connectivity index (χ0n) is 12.8. The van der Waals surface area contributed by atoms with E-state index in [-0.39, 0.29) is 6.54 Å². The number of ether oxygens (including phenoxy) is 1. The third-order valence-electron chi connectivity index (χ3n) is 4.06. The molecule has 0 saturated carbocycles. The van der Waals surface area contributed by atoms with Gasteiger partial charge in [-0.3, -0.25) is 4.90 Å². The smallest absolute Gasteiger partial charge is 0.407 e. The second kappa shape index (κ2) is 7.82. The monoisotopic (exact) mass is 320 g/mol. The number of benzene rings is 1. The van der Waals surface area contributed by atoms with Gasteiger partial charge in [-0.15, -0.1) is 0 Å². The van der Waals surface area contributed by atoms with E-state index in [9.17, 15) is 15.0 Å². The Labute approximate surface area is 133 Å². The summed E-state index contributed by atoms with van der Waals surface area (Å²) in [6.07, 6.45) is -1.73. The van der Waals surface area contributed by atoms with E-state index in [1.165, 1.54) is 4.90 Å². The van der Waals surface area contributed by atoms with Crippen molar-refractivity contribution in [2.45, 2.75) is 50.8 Å². The Kier molecular flexibility index (Phi) is 5.81. The molecule has 4 atom stereocenters. The maximum atomic E-state index is 11.6. The third-order valence-corrected chi connectivity index (χ3v) is 4.06. The molecule has 1 aromatic rings. The summed E-state index contributed by atoms with van der Waals surface area (Å²) in [5.41, 5.74) is 9.32. The molecule has 8 heteroatoms. The summed E-state index contributed by atoms with van der Waals surface area (Å²) < 4.78 is 5.47. The quantitative estimate of drug-likeness (QED) is 0.492. The molecule has 2 unspecified atom stereocenters. The van der Waals surface area contributed by atoms with E-state index in [0.717, 1.165) is 5.56 Å². The van der Waals surface area contributed by atoms with Crippen molar-refractivity contribution in [3.8, 4) is 0 Å². The lowest BCUT2D eigenvalue weighted by Crippen LogP contribution is -2.50. The molecule has 0 bridgehead atoms. The fraction of sp³-hybridized carbons (Fsp3) is 0.533. The van der Waals surface area contributed by atoms with Crippen molar-refractivity contribution in [2.24, 2.45) is 5.11 Å². The average Bonchev–Trinajstić information content (AvgIpc) is 2.55. The molecule has 1 aliphatic rings. The van der Waals surface area contributed by atoms with E-state index in [0.29, 0.717) is 12.8 Å². The Morgan fingerprint density at radius 2 is 2.17 bits per heavy atom. The molecular weight excluding hydrogens is 300 g/mol. The molecule has 1 saturated heterocycles. The number of nitrogens with zero attached hydrogens (tertiary/aromatic N) is 4. The number of hydrogen-bond donors (Lipinski definition) is 2. The summed E-state index contributed by atoms with van der Waals surface area (Å²) >= 11 is 0. The molecule has 1 aromatic carbocycles. The molecule has 0 aromatic heterocycles. The van der Waals surface area contributed by atoms with Crippen molar-refractivity contribution in [1.82, 2.24) is 4.90 Å². The lowest BCUT2D eigenvalue weighted by atomic mass is 9.98. The third kappa shape index (κ3) is 4.35. The van der Waals surface area contributed by atoms with Gasteiger partial charge in [-0.1, -0.05) is 35.4 Å². The van der Waals surface area contributed by atoms with Gasteiger partial charge in [0.2, 0.25) is 0 Å². The van der Waals surface area contributed by atoms with Crippen molar-refractivity contribution < 1.29 is 19.7 Å². The van der Waals surface area contributed by atoms with Crippen molar-refractivity contribution in [3.63, 3.8) is 0 Å². The Bertz CT molecular complexity index is 576. The van der Waals surface area contributed by atoms with Gasteiger partial charge in [0.1, 0.15) is 0 Å². The van der Waals surface area contributed by atoms with Crippen LogP contribution in [0.25, 0.3) is 10.4 Å². The first-order chi connectivity index (χ1) is 11.0. The second-order valence-electron chi connectivity index (χ2n) is 5.55. The number of hydrogen-bond acceptors (Lipinski definition) is 4. The average molecular weight is 320 g/mol. The highest BCUT2D eigenvalue weighted by Crippen LogP contribution is 2.26. The Hall–Kier alpha value is -2.28. The number of carboxylic acid groups (broad SMARTS) is 1. The molecule has 23 heavy (non-hydrogen) atoms. The van der Waals surface area contributed by atoms with Crippen LogP contribution in [0.2, 0.25) is 0 Å². The molecule has 2 rings (SSSR count). The molecule has 1 fully saturated rings. The van der Waals surface area contributed by atoms with Crippen LogP contribution in [0.5, 0.6) is 0 Å². The zero-order chi connectivity index (χ0) is 16.8. The highest BCUT2D eigenvalue weighted by atomic mass is 16.6. The first-order valence-electron chi connectivity index (χ1n) is 7.44. The van der Waals surface area contributed by atoms with Gasteiger partial charge in [0.25, 0.3) is 0 Å². The molecule has 124 valence electrons. The van der Waals surface area contributed by atoms with E-state index < -0.39 is 30.6 Å². The van der Waals surface area contributed by atoms with Gasteiger partial charge in [-0.05, 0) is 30.9 Å². The maximum absolute atomic E-state index is 11.6. The summed E-state index contributed by atoms with van der Waals surface area (Å²) in [5.74, 6) is 0. The van der Waals surface area contributed by atoms with E-state index in [1.807, 2.05) is 30.3 Å². The largest absolute Gasteiger partial charge is 0.465 e. The first kappa shape index (κ1) is 17.1. The highest BCUT2D eigenvalue weighted by Gasteiger charge is 2.35. The van der Waals surface area contributed by atoms with Crippen LogP contribution in [0.15, 0.2) is 35.4 Å². The number of aliphatic hydroxyl groups is 1. The van der Waals surface area contributed by atoms with Gasteiger partial charge in [0.05, 0.1) is 18.2 Å². The van der Waals surface area contributed by atoms with E-state index in [4.69, 9.17) is 10.3 Å². The summed E-state index contributed by atoms with van der Waals surface area (Å²) in [6, 6.07) is 8.23. The fourth-order valence-corrected chi connectivity index (χ4v) is 2.72. The first-order valence-corrected chi connectivity index (χ1v) is 7.44. The second-order valence-corrected chi connectivity index (χ2v) is 5.55. The van der Waals surface area contributed by atoms with Crippen LogP contribution in [-0.4, -0.2) is 45.7 Å². The number of carbonyl (C=O) groups is 1. The Morgan fingerprint density at radius 1 is 1.48 bits per heavy atom. The van der Waals surface area contributed by atoms with Gasteiger partial charge in [-0.25, -0.2) is 4.79 Å². The number of amides is 1. The minimum absolute atomic E-state index is 0.243. The van der Waals surface area contributed by atoms with E-state index in [2.05, 4.69) is 10.0 Å². The van der Waals surface area contributed by atoms with Crippen LogP contribution >= 0.6 is 0 Å². The minimum atomic E-state index is -1.21. The van der Waals surface area contributed by atoms with Crippen LogP contribution in [-0.2, 0) is 11.3 Å². The summed E-state index contributed by atoms with van der Waals surface area (Å²) in [4.78, 5) is 15.5. The van der Waals surface area contributed by atoms with Crippen LogP contribution in [0.4, 0.5) is 4.79 Å². The van der Waals surface area contributed by atoms with Gasteiger partial charge in [0.15, 0.2) is 6.29 Å². The zero-order valence-corrected chi connectivity index (χ0v) is 12.8. The number of rotatable bonds is 5. The molecular formula is C15H20N4O4. The molecule has 8 nitrogen and oxygen atoms in total. The van der Waals surface area contributed by atoms with Crippen LogP contribution in [0.1, 0.15) is 25.3 Å². The van der Waals surface area contributed by atoms with Crippen LogP contribution in [0, 0.1) is 0 Å². The van der Waals surface area contributed by atoms with Crippen LogP contribution in [0.3, 0.4) is 0 Å². The van der Waals surface area contributed by atoms with Crippen molar-refractivity contribution >= 4 is 6.09 Å². The molecule has 0 radical (unpaired) electrons. The van der Waals surface area contributed by atoms with E-state index in [1.54, 1.807) is 6.92 Å². The molecule has 0 aliphatic carbocycles. The maximum Gasteiger partial charge on any atom is 0.407 e. The highest BCUT2D eigenvalue weighted by molar-refractivity contribution is 5.65. The summed E-state index contributed by atoms with van der Waals surface area (Å²) in [6.45, 7) is 2.00. The van der Waals surface area contributed by atoms with Gasteiger partial charge in [-0.2, -0.15) is 0 Å². The predicted molar refractivity (Wildman–Crippen MR) is 82.5 cm³/mol. The van der Waals surface area contributed by atoms with Crippen molar-refractivity contribution in [2.75, 3.05) is 0 Å². The number of azide groups is 1. The molecule has 1 heterocycles. The lowest BCUT2D eigenvalue weighted by molar-refractivity contribution is -0.186. The summed E-state index contributed by atoms with van der Waals surface area (Å²) in [7, 11) is 0. The predicted octanol–water partition coefficient (Wildman–Crippen LogP) is 2.73. The Morgan fingerprint density at radius 3 is 2.74 bits per heavy atom. The summed E-state index contributed by atoms with van der Waals surface area (Å²) in [5, 5.41) is 22.8. The normalized spacial score (nSPS) is 25.2. The van der Waals surface area contributed by atoms with Crippen LogP contribution < -0.4 is 0 Å². The molecule has 1 amide bonds. The lowest BCUT2D eigenvalue weighted by Gasteiger charge is -2.38. The molecule has 2 N–H and O–H groups in total. The van der Waals surface area contributed by atoms with Gasteiger partial charge < -0.3 is 14.9 Å². The molecule has 1 aliphatic heterocycles. The standard InChI is InChI=1S/C15H20N4O4/c1-10(13-8-7-12(17-18-16)14(20)23-13)19(15(21)22)9-11-5-3-2-4-6-11/h2-6,10,12-14,20H,7-9H2,1H3,(H,21,22)/t10?,12-,13+,14?/m1/s1. The Balaban J connectivity index is 2.05. The van der Waals surface area contributed by atoms with Crippen molar-refractivity contribution in [1.29, 1.82) is 0 Å². The SMILES string of the molecule is CC([C@@H]1CC[C@@H](N=[N+]=[N-])C(O)O1)N(Cc1ccccc1)C(=O)O. The fourth-order valence-electron chi connectivity index (χ4n) is 2.72. The van der Waals surface area contributed by atoms with E-state index >= 15 is 0 Å². The topological polar surface area (TPSA) is 119 Å². The van der Waals surface area contributed by atoms with Gasteiger partial charge in [0, 0.05) is 11.5 Å². The minimum Gasteiger partial charge on any atom is -0.465 e.